The van der Waals surface area contributed by atoms with E-state index >= 15 is 0 Å². The zero-order chi connectivity index (χ0) is 22.7. The molecule has 160 valence electrons. The average Bonchev–Trinajstić information content (AvgIpc) is 2.80. The number of rotatable bonds is 6. The first-order valence-corrected chi connectivity index (χ1v) is 10.9. The number of carbonyl (C=O) groups excluding carboxylic acids is 1. The van der Waals surface area contributed by atoms with Crippen LogP contribution in [0.25, 0.3) is 21.9 Å². The highest BCUT2D eigenvalue weighted by atomic mass is 79.9. The first kappa shape index (κ1) is 21.7. The van der Waals surface area contributed by atoms with Gasteiger partial charge < -0.3 is 4.84 Å². The van der Waals surface area contributed by atoms with Gasteiger partial charge in [-0.15, -0.1) is 0 Å². The van der Waals surface area contributed by atoms with E-state index in [1.54, 1.807) is 16.8 Å². The second kappa shape index (κ2) is 9.32. The molecule has 0 aliphatic carbocycles. The summed E-state index contributed by atoms with van der Waals surface area (Å²) < 4.78 is 2.43. The van der Waals surface area contributed by atoms with Crippen LogP contribution in [0.2, 0.25) is 0 Å². The van der Waals surface area contributed by atoms with Gasteiger partial charge in [0.25, 0.3) is 5.56 Å². The standard InChI is InChI=1S/C26H21BrN2O3/c1-17(30)25-24(20-6-4-3-5-7-20)23-14-21(27)12-13-22(23)26(31)29(25)16-19-10-8-18(9-11-19)15-28-32-2/h3-15H,16H2,1-2H3. The van der Waals surface area contributed by atoms with Crippen LogP contribution in [-0.2, 0) is 11.4 Å². The van der Waals surface area contributed by atoms with Crippen LogP contribution in [0.15, 0.2) is 87.2 Å². The number of benzene rings is 3. The summed E-state index contributed by atoms with van der Waals surface area (Å²) in [5.41, 5.74) is 3.64. The predicted molar refractivity (Wildman–Crippen MR) is 131 cm³/mol. The number of aromatic nitrogens is 1. The lowest BCUT2D eigenvalue weighted by molar-refractivity contribution is 0.100. The molecule has 0 radical (unpaired) electrons. The predicted octanol–water partition coefficient (Wildman–Crippen LogP) is 5.66. The van der Waals surface area contributed by atoms with Gasteiger partial charge in [-0.1, -0.05) is 75.7 Å². The quantitative estimate of drug-likeness (QED) is 0.200. The lowest BCUT2D eigenvalue weighted by Crippen LogP contribution is -2.27. The van der Waals surface area contributed by atoms with Gasteiger partial charge in [-0.3, -0.25) is 14.2 Å². The Morgan fingerprint density at radius 1 is 1.03 bits per heavy atom. The van der Waals surface area contributed by atoms with E-state index < -0.39 is 0 Å². The van der Waals surface area contributed by atoms with E-state index in [2.05, 4.69) is 21.1 Å². The Hall–Kier alpha value is -3.51. The van der Waals surface area contributed by atoms with Gasteiger partial charge in [0.2, 0.25) is 0 Å². The van der Waals surface area contributed by atoms with Crippen LogP contribution in [0.1, 0.15) is 28.5 Å². The van der Waals surface area contributed by atoms with E-state index in [0.717, 1.165) is 32.1 Å². The Kier molecular flexibility index (Phi) is 6.32. The molecule has 1 heterocycles. The molecular weight excluding hydrogens is 468 g/mol. The fraction of sp³-hybridized carbons (Fsp3) is 0.115. The summed E-state index contributed by atoms with van der Waals surface area (Å²) in [4.78, 5) is 31.1. The summed E-state index contributed by atoms with van der Waals surface area (Å²) in [5, 5.41) is 5.09. The average molecular weight is 489 g/mol. The van der Waals surface area contributed by atoms with Crippen LogP contribution in [0.3, 0.4) is 0 Å². The van der Waals surface area contributed by atoms with E-state index in [0.29, 0.717) is 11.1 Å². The molecule has 6 heteroatoms. The highest BCUT2D eigenvalue weighted by Crippen LogP contribution is 2.33. The van der Waals surface area contributed by atoms with Crippen molar-refractivity contribution >= 4 is 38.7 Å². The molecule has 5 nitrogen and oxygen atoms in total. The third-order valence-electron chi connectivity index (χ3n) is 5.26. The van der Waals surface area contributed by atoms with E-state index in [1.165, 1.54) is 14.0 Å². The highest BCUT2D eigenvalue weighted by Gasteiger charge is 2.21. The molecule has 0 saturated carbocycles. The molecule has 0 aliphatic rings. The summed E-state index contributed by atoms with van der Waals surface area (Å²) in [7, 11) is 1.49. The van der Waals surface area contributed by atoms with Crippen molar-refractivity contribution in [1.82, 2.24) is 4.57 Å². The van der Waals surface area contributed by atoms with Gasteiger partial charge in [-0.2, -0.15) is 0 Å². The van der Waals surface area contributed by atoms with Crippen LogP contribution in [-0.4, -0.2) is 23.7 Å². The zero-order valence-electron chi connectivity index (χ0n) is 17.7. The molecule has 0 spiro atoms. The maximum atomic E-state index is 13.5. The van der Waals surface area contributed by atoms with Gasteiger partial charge in [0.1, 0.15) is 7.11 Å². The Morgan fingerprint density at radius 2 is 1.75 bits per heavy atom. The van der Waals surface area contributed by atoms with Crippen molar-refractivity contribution < 1.29 is 9.63 Å². The van der Waals surface area contributed by atoms with Crippen LogP contribution >= 0.6 is 15.9 Å². The third-order valence-corrected chi connectivity index (χ3v) is 5.75. The van der Waals surface area contributed by atoms with Crippen molar-refractivity contribution in [2.24, 2.45) is 5.16 Å². The topological polar surface area (TPSA) is 60.7 Å². The number of pyridine rings is 1. The number of oxime groups is 1. The lowest BCUT2D eigenvalue weighted by Gasteiger charge is -2.19. The maximum absolute atomic E-state index is 13.5. The fourth-order valence-corrected chi connectivity index (χ4v) is 4.20. The molecule has 4 rings (SSSR count). The van der Waals surface area contributed by atoms with Crippen molar-refractivity contribution in [3.05, 3.63) is 104 Å². The maximum Gasteiger partial charge on any atom is 0.259 e. The van der Waals surface area contributed by atoms with Gasteiger partial charge >= 0.3 is 0 Å². The molecule has 0 unspecified atom stereocenters. The molecule has 0 fully saturated rings. The van der Waals surface area contributed by atoms with Crippen LogP contribution in [0, 0.1) is 0 Å². The Bertz CT molecular complexity index is 1370. The number of Topliss-reactive ketones (excluding diaryl/α,β-unsaturated/α-hetero) is 1. The number of hydrogen-bond acceptors (Lipinski definition) is 4. The Balaban J connectivity index is 1.96. The summed E-state index contributed by atoms with van der Waals surface area (Å²) in [6.45, 7) is 1.78. The number of hydrogen-bond donors (Lipinski definition) is 0. The van der Waals surface area contributed by atoms with Crippen molar-refractivity contribution in [2.45, 2.75) is 13.5 Å². The minimum absolute atomic E-state index is 0.160. The van der Waals surface area contributed by atoms with E-state index in [1.807, 2.05) is 66.7 Å². The number of nitrogens with zero attached hydrogens (tertiary/aromatic N) is 2. The fourth-order valence-electron chi connectivity index (χ4n) is 3.84. The molecule has 0 bridgehead atoms. The molecule has 0 atom stereocenters. The number of ketones is 1. The van der Waals surface area contributed by atoms with Gasteiger partial charge in [0.05, 0.1) is 18.5 Å². The molecule has 3 aromatic carbocycles. The molecule has 0 amide bonds. The molecule has 0 aliphatic heterocycles. The zero-order valence-corrected chi connectivity index (χ0v) is 19.3. The second-order valence-electron chi connectivity index (χ2n) is 7.39. The smallest absolute Gasteiger partial charge is 0.259 e. The number of carbonyl (C=O) groups is 1. The van der Waals surface area contributed by atoms with E-state index in [-0.39, 0.29) is 17.9 Å². The molecule has 0 N–H and O–H groups in total. The van der Waals surface area contributed by atoms with E-state index in [9.17, 15) is 9.59 Å². The molecule has 1 aromatic heterocycles. The Morgan fingerprint density at radius 3 is 2.41 bits per heavy atom. The SMILES string of the molecule is CON=Cc1ccc(Cn2c(C(C)=O)c(-c3ccccc3)c3cc(Br)ccc3c2=O)cc1. The van der Waals surface area contributed by atoms with Crippen molar-refractivity contribution in [2.75, 3.05) is 7.11 Å². The minimum atomic E-state index is -0.192. The molecule has 4 aromatic rings. The summed E-state index contributed by atoms with van der Waals surface area (Å²) in [6.07, 6.45) is 1.61. The van der Waals surface area contributed by atoms with Crippen molar-refractivity contribution in [1.29, 1.82) is 0 Å². The first-order chi connectivity index (χ1) is 15.5. The van der Waals surface area contributed by atoms with Gasteiger partial charge in [0, 0.05) is 22.3 Å². The summed E-state index contributed by atoms with van der Waals surface area (Å²) >= 11 is 3.51. The summed E-state index contributed by atoms with van der Waals surface area (Å²) in [6, 6.07) is 22.9. The van der Waals surface area contributed by atoms with E-state index in [4.69, 9.17) is 4.84 Å². The third kappa shape index (κ3) is 4.27. The van der Waals surface area contributed by atoms with Crippen molar-refractivity contribution in [3.8, 4) is 11.1 Å². The molecule has 32 heavy (non-hydrogen) atoms. The molecular formula is C26H21BrN2O3. The minimum Gasteiger partial charge on any atom is -0.399 e. The highest BCUT2D eigenvalue weighted by molar-refractivity contribution is 9.10. The first-order valence-electron chi connectivity index (χ1n) is 10.1. The lowest BCUT2D eigenvalue weighted by atomic mass is 9.95. The van der Waals surface area contributed by atoms with Crippen LogP contribution in [0.4, 0.5) is 0 Å². The normalized spacial score (nSPS) is 11.2. The second-order valence-corrected chi connectivity index (χ2v) is 8.30. The largest absolute Gasteiger partial charge is 0.399 e. The Labute approximate surface area is 194 Å². The number of fused-ring (bicyclic) bond motifs is 1. The monoisotopic (exact) mass is 488 g/mol. The van der Waals surface area contributed by atoms with Gasteiger partial charge in [-0.05, 0) is 40.3 Å². The van der Waals surface area contributed by atoms with Crippen LogP contribution < -0.4 is 5.56 Å². The van der Waals surface area contributed by atoms with Crippen LogP contribution in [0.5, 0.6) is 0 Å². The number of halogens is 1. The molecule has 0 saturated heterocycles. The van der Waals surface area contributed by atoms with Crippen molar-refractivity contribution in [3.63, 3.8) is 0 Å². The van der Waals surface area contributed by atoms with Gasteiger partial charge in [0.15, 0.2) is 5.78 Å². The summed E-state index contributed by atoms with van der Waals surface area (Å²) in [5.74, 6) is -0.160. The van der Waals surface area contributed by atoms with Gasteiger partial charge in [-0.25, -0.2) is 0 Å².